The predicted octanol–water partition coefficient (Wildman–Crippen LogP) is 0.149. The Morgan fingerprint density at radius 1 is 1.47 bits per heavy atom. The maximum absolute atomic E-state index is 13.1. The number of aliphatic hydroxyl groups excluding tert-OH is 1. The predicted molar refractivity (Wildman–Crippen MR) is 55.2 cm³/mol. The SMILES string of the molecule is C[C@H](O)C[NH2+]CCOc1ccccc1F. The Balaban J connectivity index is 2.18. The van der Waals surface area contributed by atoms with E-state index in [2.05, 4.69) is 0 Å². The van der Waals surface area contributed by atoms with E-state index in [0.717, 1.165) is 0 Å². The van der Waals surface area contributed by atoms with Gasteiger partial charge in [-0.2, -0.15) is 0 Å². The number of hydrogen-bond donors (Lipinski definition) is 2. The van der Waals surface area contributed by atoms with Crippen molar-refractivity contribution in [1.82, 2.24) is 0 Å². The average molecular weight is 214 g/mol. The Hall–Kier alpha value is -1.13. The number of benzene rings is 1. The van der Waals surface area contributed by atoms with Crippen molar-refractivity contribution < 1.29 is 19.6 Å². The Kier molecular flexibility index (Phi) is 5.07. The molecule has 84 valence electrons. The van der Waals surface area contributed by atoms with Gasteiger partial charge in [0.1, 0.15) is 19.7 Å². The molecule has 15 heavy (non-hydrogen) atoms. The largest absolute Gasteiger partial charge is 0.485 e. The van der Waals surface area contributed by atoms with Gasteiger partial charge in [0.15, 0.2) is 11.6 Å². The molecule has 0 aliphatic rings. The number of ether oxygens (including phenoxy) is 1. The van der Waals surface area contributed by atoms with Crippen LogP contribution in [-0.4, -0.2) is 30.9 Å². The summed E-state index contributed by atoms with van der Waals surface area (Å²) in [5.74, 6) is -0.0593. The maximum atomic E-state index is 13.1. The first-order valence-corrected chi connectivity index (χ1v) is 5.07. The molecule has 0 aliphatic carbocycles. The van der Waals surface area contributed by atoms with Gasteiger partial charge in [-0.05, 0) is 19.1 Å². The molecule has 0 aromatic heterocycles. The van der Waals surface area contributed by atoms with Crippen molar-refractivity contribution >= 4 is 0 Å². The van der Waals surface area contributed by atoms with Gasteiger partial charge in [-0.3, -0.25) is 0 Å². The molecule has 0 unspecified atom stereocenters. The number of rotatable bonds is 6. The van der Waals surface area contributed by atoms with E-state index >= 15 is 0 Å². The second-order valence-electron chi connectivity index (χ2n) is 3.44. The summed E-state index contributed by atoms with van der Waals surface area (Å²) in [7, 11) is 0. The van der Waals surface area contributed by atoms with Gasteiger partial charge < -0.3 is 15.2 Å². The number of aliphatic hydroxyl groups is 1. The zero-order chi connectivity index (χ0) is 11.1. The highest BCUT2D eigenvalue weighted by atomic mass is 19.1. The fraction of sp³-hybridized carbons (Fsp3) is 0.455. The van der Waals surface area contributed by atoms with Crippen molar-refractivity contribution in [2.45, 2.75) is 13.0 Å². The second-order valence-corrected chi connectivity index (χ2v) is 3.44. The maximum Gasteiger partial charge on any atom is 0.165 e. The number of quaternary nitrogens is 1. The molecule has 0 aliphatic heterocycles. The van der Waals surface area contributed by atoms with E-state index < -0.39 is 0 Å². The Morgan fingerprint density at radius 2 is 2.20 bits per heavy atom. The van der Waals surface area contributed by atoms with Crippen LogP contribution < -0.4 is 10.1 Å². The van der Waals surface area contributed by atoms with Gasteiger partial charge in [0.25, 0.3) is 0 Å². The number of halogens is 1. The normalized spacial score (nSPS) is 12.5. The number of hydrogen-bond acceptors (Lipinski definition) is 2. The standard InChI is InChI=1S/C11H16FNO2/c1-9(14)8-13-6-7-15-11-5-3-2-4-10(11)12/h2-5,9,13-14H,6-8H2,1H3/p+1/t9-/m0/s1. The second kappa shape index (κ2) is 6.37. The van der Waals surface area contributed by atoms with E-state index in [1.807, 2.05) is 5.32 Å². The summed E-state index contributed by atoms with van der Waals surface area (Å²) >= 11 is 0. The first-order chi connectivity index (χ1) is 7.20. The monoisotopic (exact) mass is 214 g/mol. The third-order valence-electron chi connectivity index (χ3n) is 1.92. The molecule has 1 atom stereocenters. The lowest BCUT2D eigenvalue weighted by Gasteiger charge is -2.07. The van der Waals surface area contributed by atoms with Crippen LogP contribution in [0, 0.1) is 5.82 Å². The molecule has 0 bridgehead atoms. The zero-order valence-electron chi connectivity index (χ0n) is 8.82. The summed E-state index contributed by atoms with van der Waals surface area (Å²) in [5.41, 5.74) is 0. The average Bonchev–Trinajstić information content (AvgIpc) is 2.20. The summed E-state index contributed by atoms with van der Waals surface area (Å²) < 4.78 is 18.3. The summed E-state index contributed by atoms with van der Waals surface area (Å²) in [6.45, 7) is 3.52. The smallest absolute Gasteiger partial charge is 0.165 e. The molecule has 0 saturated heterocycles. The van der Waals surface area contributed by atoms with Gasteiger partial charge in [0.05, 0.1) is 6.10 Å². The molecule has 3 nitrogen and oxygen atoms in total. The molecule has 0 amide bonds. The minimum absolute atomic E-state index is 0.281. The van der Waals surface area contributed by atoms with Crippen molar-refractivity contribution in [2.75, 3.05) is 19.7 Å². The van der Waals surface area contributed by atoms with Crippen LogP contribution in [0.2, 0.25) is 0 Å². The Bertz CT molecular complexity index is 292. The molecule has 3 N–H and O–H groups in total. The van der Waals surface area contributed by atoms with Gasteiger partial charge in [-0.1, -0.05) is 12.1 Å². The number of nitrogens with two attached hydrogens (primary N) is 1. The fourth-order valence-corrected chi connectivity index (χ4v) is 1.17. The van der Waals surface area contributed by atoms with Crippen molar-refractivity contribution in [3.05, 3.63) is 30.1 Å². The minimum atomic E-state index is -0.340. The third-order valence-corrected chi connectivity index (χ3v) is 1.92. The Morgan fingerprint density at radius 3 is 2.87 bits per heavy atom. The van der Waals surface area contributed by atoms with Crippen LogP contribution in [0.3, 0.4) is 0 Å². The van der Waals surface area contributed by atoms with Crippen LogP contribution in [0.1, 0.15) is 6.92 Å². The fourth-order valence-electron chi connectivity index (χ4n) is 1.17. The molecular formula is C11H17FNO2+. The van der Waals surface area contributed by atoms with Gasteiger partial charge in [0.2, 0.25) is 0 Å². The molecule has 0 fully saturated rings. The van der Waals surface area contributed by atoms with Crippen molar-refractivity contribution in [3.8, 4) is 5.75 Å². The van der Waals surface area contributed by atoms with Crippen molar-refractivity contribution in [3.63, 3.8) is 0 Å². The van der Waals surface area contributed by atoms with E-state index in [0.29, 0.717) is 19.7 Å². The lowest BCUT2D eigenvalue weighted by Crippen LogP contribution is -2.87. The highest BCUT2D eigenvalue weighted by Gasteiger charge is 2.02. The molecule has 0 heterocycles. The van der Waals surface area contributed by atoms with Crippen LogP contribution in [0.25, 0.3) is 0 Å². The highest BCUT2D eigenvalue weighted by Crippen LogP contribution is 2.14. The third kappa shape index (κ3) is 4.76. The van der Waals surface area contributed by atoms with Crippen molar-refractivity contribution in [2.24, 2.45) is 0 Å². The molecule has 0 spiro atoms. The van der Waals surface area contributed by atoms with Crippen LogP contribution in [-0.2, 0) is 0 Å². The summed E-state index contributed by atoms with van der Waals surface area (Å²) in [4.78, 5) is 0. The topological polar surface area (TPSA) is 46.1 Å². The van der Waals surface area contributed by atoms with Crippen molar-refractivity contribution in [1.29, 1.82) is 0 Å². The van der Waals surface area contributed by atoms with Crippen LogP contribution in [0.5, 0.6) is 5.75 Å². The van der Waals surface area contributed by atoms with Crippen LogP contribution in [0.4, 0.5) is 4.39 Å². The van der Waals surface area contributed by atoms with Gasteiger partial charge in [-0.25, -0.2) is 4.39 Å². The lowest BCUT2D eigenvalue weighted by molar-refractivity contribution is -0.661. The highest BCUT2D eigenvalue weighted by molar-refractivity contribution is 5.23. The van der Waals surface area contributed by atoms with Gasteiger partial charge in [0, 0.05) is 0 Å². The van der Waals surface area contributed by atoms with E-state index in [9.17, 15) is 4.39 Å². The lowest BCUT2D eigenvalue weighted by atomic mass is 10.3. The number of para-hydroxylation sites is 1. The molecule has 1 aromatic carbocycles. The first-order valence-electron chi connectivity index (χ1n) is 5.07. The Labute approximate surface area is 88.9 Å². The van der Waals surface area contributed by atoms with E-state index in [-0.39, 0.29) is 17.7 Å². The van der Waals surface area contributed by atoms with E-state index in [1.54, 1.807) is 25.1 Å². The minimum Gasteiger partial charge on any atom is -0.485 e. The molecule has 0 radical (unpaired) electrons. The van der Waals surface area contributed by atoms with Gasteiger partial charge >= 0.3 is 0 Å². The van der Waals surface area contributed by atoms with Gasteiger partial charge in [-0.15, -0.1) is 0 Å². The molecule has 4 heteroatoms. The molecular weight excluding hydrogens is 197 g/mol. The summed E-state index contributed by atoms with van der Waals surface area (Å²) in [5, 5.41) is 10.9. The summed E-state index contributed by atoms with van der Waals surface area (Å²) in [6.07, 6.45) is -0.321. The summed E-state index contributed by atoms with van der Waals surface area (Å²) in [6, 6.07) is 6.33. The quantitative estimate of drug-likeness (QED) is 0.662. The zero-order valence-corrected chi connectivity index (χ0v) is 8.82. The van der Waals surface area contributed by atoms with E-state index in [4.69, 9.17) is 9.84 Å². The van der Waals surface area contributed by atoms with Crippen LogP contribution >= 0.6 is 0 Å². The molecule has 1 aromatic rings. The van der Waals surface area contributed by atoms with Crippen LogP contribution in [0.15, 0.2) is 24.3 Å². The molecule has 1 rings (SSSR count). The first kappa shape index (κ1) is 11.9. The van der Waals surface area contributed by atoms with E-state index in [1.165, 1.54) is 6.07 Å². The molecule has 0 saturated carbocycles.